The highest BCUT2D eigenvalue weighted by atomic mass is 28.4. The van der Waals surface area contributed by atoms with E-state index in [1.165, 1.54) is 0 Å². The van der Waals surface area contributed by atoms with Crippen molar-refractivity contribution >= 4 is 31.2 Å². The van der Waals surface area contributed by atoms with Gasteiger partial charge in [0.05, 0.1) is 13.2 Å². The number of carbonyl (C=O) groups excluding carboxylic acids is 1. The average molecular weight is 695 g/mol. The number of anilines is 1. The molecule has 7 rings (SSSR count). The maximum absolute atomic E-state index is 13.8. The minimum Gasteiger partial charge on any atom is -0.405 e. The molecule has 4 aliphatic rings. The first-order chi connectivity index (χ1) is 23.6. The highest BCUT2D eigenvalue weighted by Gasteiger charge is 2.55. The Hall–Kier alpha value is -2.78. The second kappa shape index (κ2) is 14.5. The molecule has 0 saturated carbocycles. The Morgan fingerprint density at radius 3 is 2.39 bits per heavy atom. The quantitative estimate of drug-likeness (QED) is 0.212. The summed E-state index contributed by atoms with van der Waals surface area (Å²) >= 11 is 0. The van der Waals surface area contributed by atoms with Crippen LogP contribution in [-0.4, -0.2) is 86.0 Å². The molecule has 6 heterocycles. The van der Waals surface area contributed by atoms with Gasteiger partial charge in [-0.25, -0.2) is 4.57 Å². The number of imidazole rings is 1. The second-order valence-corrected chi connectivity index (χ2v) is 20.0. The van der Waals surface area contributed by atoms with Crippen LogP contribution in [0.1, 0.15) is 82.3 Å². The van der Waals surface area contributed by atoms with Crippen LogP contribution in [0.25, 0.3) is 11.2 Å². The molecule has 49 heavy (non-hydrogen) atoms. The van der Waals surface area contributed by atoms with Gasteiger partial charge in [-0.3, -0.25) is 14.3 Å². The van der Waals surface area contributed by atoms with Gasteiger partial charge in [-0.1, -0.05) is 44.0 Å². The minimum atomic E-state index is -2.35. The molecule has 1 amide bonds. The molecule has 0 aliphatic carbocycles. The molecular weight excluding hydrogens is 643 g/mol. The van der Waals surface area contributed by atoms with Crippen molar-refractivity contribution in [1.29, 1.82) is 0 Å². The minimum absolute atomic E-state index is 0.0545. The van der Waals surface area contributed by atoms with Crippen molar-refractivity contribution in [3.63, 3.8) is 0 Å². The van der Waals surface area contributed by atoms with Gasteiger partial charge in [0.2, 0.25) is 11.7 Å². The summed E-state index contributed by atoms with van der Waals surface area (Å²) in [6.45, 7) is 14.2. The third kappa shape index (κ3) is 7.21. The van der Waals surface area contributed by atoms with E-state index in [0.717, 1.165) is 50.5 Å². The number of rotatable bonds is 9. The maximum atomic E-state index is 13.8. The molecule has 2 aromatic heterocycles. The van der Waals surface area contributed by atoms with E-state index in [9.17, 15) is 4.79 Å². The van der Waals surface area contributed by atoms with Gasteiger partial charge in [-0.05, 0) is 75.2 Å². The number of benzene rings is 1. The molecule has 0 radical (unpaired) electrons. The van der Waals surface area contributed by atoms with Crippen LogP contribution in [0.3, 0.4) is 0 Å². The van der Waals surface area contributed by atoms with Crippen LogP contribution in [0, 0.1) is 0 Å². The molecular formula is C36H52N5O7Si+. The highest BCUT2D eigenvalue weighted by molar-refractivity contribution is 6.74. The lowest BCUT2D eigenvalue weighted by molar-refractivity contribution is -0.745. The van der Waals surface area contributed by atoms with Crippen LogP contribution < -0.4 is 9.47 Å². The molecule has 6 atom stereocenters. The van der Waals surface area contributed by atoms with E-state index in [2.05, 4.69) is 48.0 Å². The lowest BCUT2D eigenvalue weighted by atomic mass is 10.1. The summed E-state index contributed by atoms with van der Waals surface area (Å²) in [7, 11) is -2.35. The summed E-state index contributed by atoms with van der Waals surface area (Å²) in [5.74, 6) is 0.508. The van der Waals surface area contributed by atoms with Gasteiger partial charge in [0.1, 0.15) is 18.3 Å². The van der Waals surface area contributed by atoms with Crippen LogP contribution in [-0.2, 0) is 34.7 Å². The van der Waals surface area contributed by atoms with Gasteiger partial charge in [0, 0.05) is 25.3 Å². The van der Waals surface area contributed by atoms with Crippen LogP contribution in [0.2, 0.25) is 18.1 Å². The molecule has 2 unspecified atom stereocenters. The summed E-state index contributed by atoms with van der Waals surface area (Å²) in [5, 5.41) is -0.0545. The first kappa shape index (κ1) is 34.7. The van der Waals surface area contributed by atoms with Crippen molar-refractivity contribution in [2.24, 2.45) is 0 Å². The first-order valence-electron chi connectivity index (χ1n) is 18.1. The number of carbonyl (C=O) groups is 1. The summed E-state index contributed by atoms with van der Waals surface area (Å²) in [6, 6.07) is 9.37. The summed E-state index contributed by atoms with van der Waals surface area (Å²) < 4.78 is 43.8. The van der Waals surface area contributed by atoms with Gasteiger partial charge in [-0.15, -0.1) is 0 Å². The van der Waals surface area contributed by atoms with Gasteiger partial charge >= 0.3 is 5.65 Å². The molecule has 3 saturated heterocycles. The van der Waals surface area contributed by atoms with Crippen LogP contribution in [0.5, 0.6) is 0 Å². The Balaban J connectivity index is 1.28. The summed E-state index contributed by atoms with van der Waals surface area (Å²) in [6.07, 6.45) is 7.68. The standard InChI is InChI=1S/C36H52N5O7Si/c1-36(2,3)49(4,5)48-31-30(47-28-17-10-12-21-44-28)26(22-45-27-16-9-11-20-43-27)46-35(31)41-24-39-18-13-19-40(32-29(39)33(41)38-23-37-32)34(42)25-14-7-6-8-15-25/h6-8,14-15,23-24,26-28,30-31,35H,9-13,16-22H2,1-5H3/q+1/t26-,27?,28?,30-,31-,35-/m1/s1. The molecule has 0 bridgehead atoms. The zero-order valence-electron chi connectivity index (χ0n) is 29.6. The summed E-state index contributed by atoms with van der Waals surface area (Å²) in [5.41, 5.74) is 2.10. The number of aryl methyl sites for hydroxylation is 1. The van der Waals surface area contributed by atoms with Crippen molar-refractivity contribution in [1.82, 2.24) is 14.5 Å². The van der Waals surface area contributed by atoms with Gasteiger partial charge in [-0.2, -0.15) is 4.98 Å². The molecule has 13 heteroatoms. The van der Waals surface area contributed by atoms with E-state index >= 15 is 0 Å². The molecule has 12 nitrogen and oxygen atoms in total. The third-order valence-corrected chi connectivity index (χ3v) is 15.2. The van der Waals surface area contributed by atoms with Crippen molar-refractivity contribution < 1.29 is 37.5 Å². The van der Waals surface area contributed by atoms with E-state index in [1.807, 2.05) is 36.7 Å². The van der Waals surface area contributed by atoms with E-state index < -0.39 is 32.9 Å². The number of ether oxygens (including phenoxy) is 5. The molecule has 3 fully saturated rings. The van der Waals surface area contributed by atoms with E-state index in [4.69, 9.17) is 33.1 Å². The molecule has 0 spiro atoms. The van der Waals surface area contributed by atoms with E-state index in [-0.39, 0.29) is 23.5 Å². The van der Waals surface area contributed by atoms with Crippen LogP contribution >= 0.6 is 0 Å². The topological polar surface area (TPSA) is 110 Å². The number of amides is 1. The van der Waals surface area contributed by atoms with Gasteiger partial charge < -0.3 is 28.1 Å². The lowest BCUT2D eigenvalue weighted by Gasteiger charge is -2.40. The zero-order chi connectivity index (χ0) is 34.2. The normalized spacial score (nSPS) is 28.1. The number of hydrogen-bond acceptors (Lipinski definition) is 9. The monoisotopic (exact) mass is 694 g/mol. The smallest absolute Gasteiger partial charge is 0.309 e. The van der Waals surface area contributed by atoms with E-state index in [0.29, 0.717) is 49.9 Å². The van der Waals surface area contributed by atoms with Crippen molar-refractivity contribution in [2.45, 2.75) is 128 Å². The fourth-order valence-electron chi connectivity index (χ4n) is 6.97. The van der Waals surface area contributed by atoms with Gasteiger partial charge in [0.25, 0.3) is 5.91 Å². The predicted octanol–water partition coefficient (Wildman–Crippen LogP) is 5.51. The predicted molar refractivity (Wildman–Crippen MR) is 184 cm³/mol. The molecule has 3 aromatic rings. The Bertz CT molecular complexity index is 1590. The number of nitrogens with zero attached hydrogens (tertiary/aromatic N) is 5. The first-order valence-corrected chi connectivity index (χ1v) is 21.0. The number of aromatic nitrogens is 4. The Kier molecular flexibility index (Phi) is 10.2. The molecule has 1 aromatic carbocycles. The zero-order valence-corrected chi connectivity index (χ0v) is 30.6. The lowest BCUT2D eigenvalue weighted by Crippen LogP contribution is -2.54. The largest absolute Gasteiger partial charge is 0.405 e. The van der Waals surface area contributed by atoms with Crippen molar-refractivity contribution in [2.75, 3.05) is 31.3 Å². The van der Waals surface area contributed by atoms with Crippen LogP contribution in [0.4, 0.5) is 5.82 Å². The van der Waals surface area contributed by atoms with Crippen molar-refractivity contribution in [3.8, 4) is 0 Å². The molecule has 0 N–H and O–H groups in total. The molecule has 266 valence electrons. The Labute approximate surface area is 290 Å². The van der Waals surface area contributed by atoms with E-state index in [1.54, 1.807) is 11.2 Å². The third-order valence-electron chi connectivity index (χ3n) is 10.7. The number of hydrogen-bond donors (Lipinski definition) is 0. The second-order valence-electron chi connectivity index (χ2n) is 15.2. The van der Waals surface area contributed by atoms with Crippen LogP contribution in [0.15, 0.2) is 43.0 Å². The summed E-state index contributed by atoms with van der Waals surface area (Å²) in [4.78, 5) is 25.1. The highest BCUT2D eigenvalue weighted by Crippen LogP contribution is 2.43. The maximum Gasteiger partial charge on any atom is 0.309 e. The fraction of sp³-hybridized carbons (Fsp3) is 0.667. The fourth-order valence-corrected chi connectivity index (χ4v) is 8.26. The average Bonchev–Trinajstić information content (AvgIpc) is 3.56. The Morgan fingerprint density at radius 2 is 1.69 bits per heavy atom. The Morgan fingerprint density at radius 1 is 0.959 bits per heavy atom. The van der Waals surface area contributed by atoms with Crippen molar-refractivity contribution in [3.05, 3.63) is 48.5 Å². The molecule has 4 aliphatic heterocycles. The van der Waals surface area contributed by atoms with Gasteiger partial charge in [0.15, 0.2) is 39.4 Å². The SMILES string of the molecule is CC(C)(C)[Si](C)(C)O[C@@H]1[C@H](OC2CCCCO2)[C@@H](COC2CCCCO2)O[C@H]1[n+]1cn2c3c(ncnc31)N(C(=O)c1ccccc1)CCC2.